The molecule has 0 bridgehead atoms. The molecular weight excluding hydrogens is 252 g/mol. The number of para-hydroxylation sites is 1. The van der Waals surface area contributed by atoms with Crippen molar-refractivity contribution in [3.05, 3.63) is 30.0 Å². The number of aryl methyl sites for hydroxylation is 1. The summed E-state index contributed by atoms with van der Waals surface area (Å²) in [5.41, 5.74) is 1.64. The van der Waals surface area contributed by atoms with Crippen LogP contribution < -0.4 is 10.6 Å². The zero-order valence-corrected chi connectivity index (χ0v) is 11.7. The summed E-state index contributed by atoms with van der Waals surface area (Å²) in [5, 5.41) is 7.32. The summed E-state index contributed by atoms with van der Waals surface area (Å²) in [6.45, 7) is 3.93. The van der Waals surface area contributed by atoms with Crippen LogP contribution in [0, 0.1) is 12.8 Å². The number of anilines is 1. The van der Waals surface area contributed by atoms with Gasteiger partial charge in [-0.15, -0.1) is 0 Å². The van der Waals surface area contributed by atoms with Gasteiger partial charge in [-0.2, -0.15) is 0 Å². The summed E-state index contributed by atoms with van der Waals surface area (Å²) < 4.78 is 5.67. The normalized spacial score (nSPS) is 16.4. The Bertz CT molecular complexity index is 612. The number of hydrogen-bond donors (Lipinski definition) is 2. The van der Waals surface area contributed by atoms with Crippen LogP contribution in [0.25, 0.3) is 11.0 Å². The molecule has 1 fully saturated rings. The van der Waals surface area contributed by atoms with Crippen LogP contribution in [0.4, 0.5) is 5.69 Å². The molecule has 1 aromatic heterocycles. The first-order valence-electron chi connectivity index (χ1n) is 7.23. The Morgan fingerprint density at radius 3 is 2.90 bits per heavy atom. The van der Waals surface area contributed by atoms with E-state index in [1.165, 1.54) is 0 Å². The number of piperidine rings is 1. The van der Waals surface area contributed by atoms with Crippen molar-refractivity contribution >= 4 is 22.6 Å². The lowest BCUT2D eigenvalue weighted by molar-refractivity contribution is -0.117. The Hall–Kier alpha value is -1.81. The molecule has 106 valence electrons. The summed E-state index contributed by atoms with van der Waals surface area (Å²) in [6, 6.07) is 7.79. The molecule has 4 nitrogen and oxygen atoms in total. The fourth-order valence-corrected chi connectivity index (χ4v) is 2.86. The van der Waals surface area contributed by atoms with Gasteiger partial charge in [0.25, 0.3) is 0 Å². The monoisotopic (exact) mass is 272 g/mol. The van der Waals surface area contributed by atoms with E-state index in [0.29, 0.717) is 12.3 Å². The van der Waals surface area contributed by atoms with Gasteiger partial charge in [0.15, 0.2) is 0 Å². The molecule has 2 aromatic rings. The van der Waals surface area contributed by atoms with Gasteiger partial charge in [-0.1, -0.05) is 12.1 Å². The van der Waals surface area contributed by atoms with E-state index in [9.17, 15) is 4.79 Å². The molecule has 0 aliphatic carbocycles. The second-order valence-corrected chi connectivity index (χ2v) is 5.48. The maximum Gasteiger partial charge on any atom is 0.224 e. The van der Waals surface area contributed by atoms with Crippen LogP contribution in [0.3, 0.4) is 0 Å². The Morgan fingerprint density at radius 1 is 1.35 bits per heavy atom. The van der Waals surface area contributed by atoms with Crippen molar-refractivity contribution in [2.24, 2.45) is 5.92 Å². The van der Waals surface area contributed by atoms with E-state index in [1.54, 1.807) is 0 Å². The summed E-state index contributed by atoms with van der Waals surface area (Å²) >= 11 is 0. The molecule has 2 heterocycles. The van der Waals surface area contributed by atoms with Gasteiger partial charge in [-0.3, -0.25) is 4.79 Å². The molecule has 0 saturated carbocycles. The van der Waals surface area contributed by atoms with Crippen LogP contribution in [0.2, 0.25) is 0 Å². The molecule has 20 heavy (non-hydrogen) atoms. The molecule has 1 aliphatic rings. The fraction of sp³-hybridized carbons (Fsp3) is 0.438. The average Bonchev–Trinajstić information content (AvgIpc) is 2.76. The fourth-order valence-electron chi connectivity index (χ4n) is 2.86. The van der Waals surface area contributed by atoms with Crippen LogP contribution in [-0.4, -0.2) is 19.0 Å². The van der Waals surface area contributed by atoms with Crippen LogP contribution in [0.1, 0.15) is 25.0 Å². The van der Waals surface area contributed by atoms with Crippen molar-refractivity contribution in [1.29, 1.82) is 0 Å². The van der Waals surface area contributed by atoms with E-state index < -0.39 is 0 Å². The molecule has 0 atom stereocenters. The zero-order valence-electron chi connectivity index (χ0n) is 11.7. The van der Waals surface area contributed by atoms with Gasteiger partial charge in [-0.05, 0) is 50.9 Å². The van der Waals surface area contributed by atoms with Gasteiger partial charge in [0.1, 0.15) is 11.3 Å². The zero-order chi connectivity index (χ0) is 13.9. The number of carbonyl (C=O) groups is 1. The van der Waals surface area contributed by atoms with Crippen molar-refractivity contribution in [3.8, 4) is 0 Å². The first-order valence-corrected chi connectivity index (χ1v) is 7.23. The Kier molecular flexibility index (Phi) is 3.74. The molecule has 3 rings (SSSR count). The van der Waals surface area contributed by atoms with Crippen molar-refractivity contribution in [1.82, 2.24) is 5.32 Å². The predicted molar refractivity (Wildman–Crippen MR) is 79.8 cm³/mol. The first kappa shape index (κ1) is 13.2. The number of fused-ring (bicyclic) bond motifs is 1. The number of furan rings is 1. The number of nitrogens with one attached hydrogen (secondary N) is 2. The van der Waals surface area contributed by atoms with Crippen molar-refractivity contribution in [2.75, 3.05) is 18.4 Å². The molecule has 4 heteroatoms. The van der Waals surface area contributed by atoms with E-state index >= 15 is 0 Å². The maximum absolute atomic E-state index is 12.2. The van der Waals surface area contributed by atoms with Crippen LogP contribution >= 0.6 is 0 Å². The maximum atomic E-state index is 12.2. The lowest BCUT2D eigenvalue weighted by atomic mass is 9.94. The molecule has 1 aliphatic heterocycles. The van der Waals surface area contributed by atoms with Crippen LogP contribution in [0.15, 0.2) is 28.7 Å². The van der Waals surface area contributed by atoms with Gasteiger partial charge in [-0.25, -0.2) is 0 Å². The van der Waals surface area contributed by atoms with Crippen molar-refractivity contribution in [3.63, 3.8) is 0 Å². The average molecular weight is 272 g/mol. The standard InChI is InChI=1S/C16H20N2O2/c1-11-16(13-4-2-3-5-14(13)20-11)18-15(19)10-12-6-8-17-9-7-12/h2-5,12,17H,6-10H2,1H3,(H,18,19). The van der Waals surface area contributed by atoms with E-state index in [2.05, 4.69) is 10.6 Å². The highest BCUT2D eigenvalue weighted by molar-refractivity contribution is 6.01. The molecular formula is C16H20N2O2. The van der Waals surface area contributed by atoms with Gasteiger partial charge in [0.2, 0.25) is 5.91 Å². The first-order chi connectivity index (χ1) is 9.74. The minimum Gasteiger partial charge on any atom is -0.459 e. The summed E-state index contributed by atoms with van der Waals surface area (Å²) in [7, 11) is 0. The number of carbonyl (C=O) groups excluding carboxylic acids is 1. The Balaban J connectivity index is 1.72. The smallest absolute Gasteiger partial charge is 0.224 e. The molecule has 0 unspecified atom stereocenters. The third kappa shape index (κ3) is 2.70. The number of amides is 1. The van der Waals surface area contributed by atoms with Gasteiger partial charge >= 0.3 is 0 Å². The number of benzene rings is 1. The van der Waals surface area contributed by atoms with Crippen LogP contribution in [0.5, 0.6) is 0 Å². The van der Waals surface area contributed by atoms with Crippen LogP contribution in [-0.2, 0) is 4.79 Å². The van der Waals surface area contributed by atoms with Crippen molar-refractivity contribution < 1.29 is 9.21 Å². The van der Waals surface area contributed by atoms with E-state index in [-0.39, 0.29) is 5.91 Å². The quantitative estimate of drug-likeness (QED) is 0.903. The second kappa shape index (κ2) is 5.67. The Morgan fingerprint density at radius 2 is 2.10 bits per heavy atom. The molecule has 0 spiro atoms. The molecule has 0 radical (unpaired) electrons. The van der Waals surface area contributed by atoms with E-state index in [0.717, 1.165) is 48.3 Å². The minimum atomic E-state index is 0.0894. The summed E-state index contributed by atoms with van der Waals surface area (Å²) in [4.78, 5) is 12.2. The second-order valence-electron chi connectivity index (χ2n) is 5.48. The topological polar surface area (TPSA) is 54.3 Å². The molecule has 1 saturated heterocycles. The highest BCUT2D eigenvalue weighted by atomic mass is 16.3. The van der Waals surface area contributed by atoms with E-state index in [1.807, 2.05) is 31.2 Å². The highest BCUT2D eigenvalue weighted by Gasteiger charge is 2.19. The lowest BCUT2D eigenvalue weighted by Gasteiger charge is -2.21. The summed E-state index contributed by atoms with van der Waals surface area (Å²) in [6.07, 6.45) is 2.76. The van der Waals surface area contributed by atoms with Gasteiger partial charge in [0, 0.05) is 11.8 Å². The third-order valence-electron chi connectivity index (χ3n) is 3.97. The van der Waals surface area contributed by atoms with E-state index in [4.69, 9.17) is 4.42 Å². The largest absolute Gasteiger partial charge is 0.459 e. The van der Waals surface area contributed by atoms with Gasteiger partial charge in [0.05, 0.1) is 5.69 Å². The molecule has 1 aromatic carbocycles. The number of rotatable bonds is 3. The number of hydrogen-bond acceptors (Lipinski definition) is 3. The van der Waals surface area contributed by atoms with Gasteiger partial charge < -0.3 is 15.1 Å². The summed E-state index contributed by atoms with van der Waals surface area (Å²) in [5.74, 6) is 1.35. The SMILES string of the molecule is Cc1oc2ccccc2c1NC(=O)CC1CCNCC1. The minimum absolute atomic E-state index is 0.0894. The highest BCUT2D eigenvalue weighted by Crippen LogP contribution is 2.30. The lowest BCUT2D eigenvalue weighted by Crippen LogP contribution is -2.30. The third-order valence-corrected chi connectivity index (χ3v) is 3.97. The van der Waals surface area contributed by atoms with Crippen molar-refractivity contribution in [2.45, 2.75) is 26.2 Å². The predicted octanol–water partition coefficient (Wildman–Crippen LogP) is 3.07. The molecule has 1 amide bonds. The molecule has 2 N–H and O–H groups in total. The Labute approximate surface area is 118 Å².